The summed E-state index contributed by atoms with van der Waals surface area (Å²) in [6.45, 7) is 5.21. The molecule has 0 fully saturated rings. The lowest BCUT2D eigenvalue weighted by atomic mass is 10.1. The van der Waals surface area contributed by atoms with Crippen molar-refractivity contribution < 1.29 is 19.0 Å². The Balaban J connectivity index is 1.27. The first-order valence-corrected chi connectivity index (χ1v) is 14.2. The van der Waals surface area contributed by atoms with Crippen molar-refractivity contribution in [2.45, 2.75) is 32.9 Å². The van der Waals surface area contributed by atoms with Crippen LogP contribution >= 0.6 is 0 Å². The van der Waals surface area contributed by atoms with Crippen molar-refractivity contribution in [3.8, 4) is 17.4 Å². The topological polar surface area (TPSA) is 114 Å². The molecule has 1 amide bonds. The number of aromatic hydroxyl groups is 1. The quantitative estimate of drug-likeness (QED) is 0.293. The van der Waals surface area contributed by atoms with Crippen LogP contribution in [0.15, 0.2) is 71.7 Å². The molecule has 4 heterocycles. The van der Waals surface area contributed by atoms with E-state index in [0.29, 0.717) is 66.4 Å². The fraction of sp³-hybridized carbons (Fsp3) is 0.258. The summed E-state index contributed by atoms with van der Waals surface area (Å²) in [6, 6.07) is 19.4. The van der Waals surface area contributed by atoms with Crippen LogP contribution in [0.2, 0.25) is 0 Å². The number of aliphatic imine (C=N–C) groups is 1. The van der Waals surface area contributed by atoms with Crippen molar-refractivity contribution in [3.63, 3.8) is 0 Å². The van der Waals surface area contributed by atoms with E-state index in [9.17, 15) is 14.3 Å². The predicted octanol–water partition coefficient (Wildman–Crippen LogP) is 4.17. The monoisotopic (exact) mass is 580 g/mol. The van der Waals surface area contributed by atoms with Gasteiger partial charge in [-0.25, -0.2) is 14.1 Å². The summed E-state index contributed by atoms with van der Waals surface area (Å²) in [4.78, 5) is 27.1. The Labute approximate surface area is 246 Å². The van der Waals surface area contributed by atoms with Gasteiger partial charge in [-0.2, -0.15) is 4.98 Å². The number of ether oxygens (including phenoxy) is 1. The summed E-state index contributed by atoms with van der Waals surface area (Å²) in [5.74, 6) is 0.517. The van der Waals surface area contributed by atoms with Gasteiger partial charge in [-0.3, -0.25) is 19.2 Å². The molecule has 0 saturated carbocycles. The second kappa shape index (κ2) is 10.5. The maximum Gasteiger partial charge on any atom is 0.299 e. The third-order valence-electron chi connectivity index (χ3n) is 7.76. The summed E-state index contributed by atoms with van der Waals surface area (Å²) in [7, 11) is 0. The van der Waals surface area contributed by atoms with Gasteiger partial charge < -0.3 is 9.84 Å². The van der Waals surface area contributed by atoms with Gasteiger partial charge in [-0.15, -0.1) is 5.10 Å². The third kappa shape index (κ3) is 4.46. The number of halogens is 1. The van der Waals surface area contributed by atoms with Crippen LogP contribution < -0.4 is 9.64 Å². The number of phenolic OH excluding ortho intramolecular Hbond substituents is 1. The third-order valence-corrected chi connectivity index (χ3v) is 7.76. The summed E-state index contributed by atoms with van der Waals surface area (Å²) in [6.07, 6.45) is 0.403. The Bertz CT molecular complexity index is 1900. The molecule has 218 valence electrons. The molecule has 0 unspecified atom stereocenters. The van der Waals surface area contributed by atoms with Crippen molar-refractivity contribution >= 4 is 28.7 Å². The standard InChI is InChI=1S/C31H29FN8O3/c1-3-37-29(42)27-28(39-18-21(33-30(37)39)16-20-9-5-6-10-22(20)32)34-31(43-4-2)38(27)17-19-13-14-26(41)25(15-19)40-24-12-8-7-11-23(24)35-36-40/h5-15,21,41H,3-4,16-18H2,1-2H3/t21-/m1/s1. The number of guanidine groups is 1. The van der Waals surface area contributed by atoms with Gasteiger partial charge in [0.1, 0.15) is 22.8 Å². The Kier molecular flexibility index (Phi) is 6.52. The van der Waals surface area contributed by atoms with Gasteiger partial charge >= 0.3 is 0 Å². The van der Waals surface area contributed by atoms with Crippen LogP contribution in [0.25, 0.3) is 16.7 Å². The number of fused-ring (bicyclic) bond motifs is 4. The molecule has 12 heteroatoms. The predicted molar refractivity (Wildman–Crippen MR) is 158 cm³/mol. The van der Waals surface area contributed by atoms with Crippen LogP contribution in [0, 0.1) is 5.82 Å². The highest BCUT2D eigenvalue weighted by Crippen LogP contribution is 2.36. The number of anilines is 1. The first kappa shape index (κ1) is 26.6. The Morgan fingerprint density at radius 1 is 1.07 bits per heavy atom. The second-order valence-electron chi connectivity index (χ2n) is 10.4. The Hall–Kier alpha value is -5.26. The minimum absolute atomic E-state index is 0.0455. The number of hydrogen-bond acceptors (Lipinski definition) is 8. The van der Waals surface area contributed by atoms with E-state index in [1.165, 1.54) is 6.07 Å². The maximum absolute atomic E-state index is 14.4. The Morgan fingerprint density at radius 2 is 1.88 bits per heavy atom. The van der Waals surface area contributed by atoms with Crippen molar-refractivity contribution in [2.75, 3.05) is 24.6 Å². The molecular formula is C31H29FN8O3. The molecule has 0 radical (unpaired) electrons. The van der Waals surface area contributed by atoms with Crippen LogP contribution in [-0.4, -0.2) is 72.2 Å². The molecule has 0 saturated heterocycles. The van der Waals surface area contributed by atoms with Crippen molar-refractivity contribution in [1.29, 1.82) is 0 Å². The molecule has 3 aromatic carbocycles. The lowest BCUT2D eigenvalue weighted by molar-refractivity contribution is 0.0835. The smallest absolute Gasteiger partial charge is 0.299 e. The van der Waals surface area contributed by atoms with Crippen molar-refractivity contribution in [3.05, 3.63) is 89.4 Å². The normalized spacial score (nSPS) is 16.0. The molecule has 0 spiro atoms. The SMILES string of the molecule is CCOc1nc2c(n1Cc1ccc(O)c(-n3nnc4ccccc43)c1)C(=O)N(CC)C1=N[C@H](Cc3ccccc3F)CN12. The molecule has 2 aliphatic heterocycles. The molecule has 7 rings (SSSR count). The first-order chi connectivity index (χ1) is 21.0. The highest BCUT2D eigenvalue weighted by atomic mass is 19.1. The number of nitrogens with zero attached hydrogens (tertiary/aromatic N) is 8. The average molecular weight is 581 g/mol. The summed E-state index contributed by atoms with van der Waals surface area (Å²) >= 11 is 0. The summed E-state index contributed by atoms with van der Waals surface area (Å²) < 4.78 is 23.7. The first-order valence-electron chi connectivity index (χ1n) is 14.2. The molecule has 11 nitrogen and oxygen atoms in total. The number of rotatable bonds is 8. The highest BCUT2D eigenvalue weighted by molar-refractivity contribution is 6.18. The fourth-order valence-corrected chi connectivity index (χ4v) is 5.77. The minimum Gasteiger partial charge on any atom is -0.506 e. The second-order valence-corrected chi connectivity index (χ2v) is 10.4. The molecular weight excluding hydrogens is 551 g/mol. The average Bonchev–Trinajstić information content (AvgIpc) is 3.72. The zero-order valence-corrected chi connectivity index (χ0v) is 23.7. The van der Waals surface area contributed by atoms with Gasteiger partial charge in [0.15, 0.2) is 11.5 Å². The molecule has 0 aliphatic carbocycles. The van der Waals surface area contributed by atoms with Crippen molar-refractivity contribution in [2.24, 2.45) is 4.99 Å². The fourth-order valence-electron chi connectivity index (χ4n) is 5.77. The van der Waals surface area contributed by atoms with E-state index in [1.54, 1.807) is 38.4 Å². The lowest BCUT2D eigenvalue weighted by Gasteiger charge is -2.32. The van der Waals surface area contributed by atoms with Gasteiger partial charge in [-0.1, -0.05) is 41.6 Å². The number of benzene rings is 3. The van der Waals surface area contributed by atoms with E-state index < -0.39 is 0 Å². The molecule has 2 aliphatic rings. The zero-order chi connectivity index (χ0) is 29.7. The molecule has 43 heavy (non-hydrogen) atoms. The van der Waals surface area contributed by atoms with Crippen LogP contribution in [0.5, 0.6) is 11.8 Å². The van der Waals surface area contributed by atoms with Crippen LogP contribution in [-0.2, 0) is 13.0 Å². The number of imidazole rings is 1. The number of carbonyl (C=O) groups excluding carboxylic acids is 1. The van der Waals surface area contributed by atoms with E-state index in [2.05, 4.69) is 10.3 Å². The van der Waals surface area contributed by atoms with Crippen LogP contribution in [0.4, 0.5) is 10.2 Å². The number of hydrogen-bond donors (Lipinski definition) is 1. The molecule has 2 aromatic heterocycles. The number of carbonyl (C=O) groups is 1. The maximum atomic E-state index is 14.4. The van der Waals surface area contributed by atoms with E-state index >= 15 is 0 Å². The Morgan fingerprint density at radius 3 is 2.70 bits per heavy atom. The lowest BCUT2D eigenvalue weighted by Crippen LogP contribution is -2.50. The number of amides is 1. The number of para-hydroxylation sites is 1. The molecule has 1 atom stereocenters. The van der Waals surface area contributed by atoms with Crippen LogP contribution in [0.3, 0.4) is 0 Å². The molecule has 5 aromatic rings. The molecule has 0 bridgehead atoms. The number of aromatic nitrogens is 5. The van der Waals surface area contributed by atoms with E-state index in [-0.39, 0.29) is 30.1 Å². The van der Waals surface area contributed by atoms with Gasteiger partial charge in [0.2, 0.25) is 5.96 Å². The number of phenols is 1. The van der Waals surface area contributed by atoms with Gasteiger partial charge in [0, 0.05) is 6.54 Å². The summed E-state index contributed by atoms with van der Waals surface area (Å²) in [5.41, 5.74) is 3.68. The molecule has 1 N–H and O–H groups in total. The van der Waals surface area contributed by atoms with E-state index in [4.69, 9.17) is 14.7 Å². The van der Waals surface area contributed by atoms with Gasteiger partial charge in [-0.05, 0) is 61.7 Å². The summed E-state index contributed by atoms with van der Waals surface area (Å²) in [5, 5.41) is 19.2. The van der Waals surface area contributed by atoms with E-state index in [0.717, 1.165) is 11.1 Å². The largest absolute Gasteiger partial charge is 0.506 e. The van der Waals surface area contributed by atoms with Gasteiger partial charge in [0.05, 0.1) is 31.3 Å². The minimum atomic E-state index is -0.272. The zero-order valence-electron chi connectivity index (χ0n) is 23.7. The highest BCUT2D eigenvalue weighted by Gasteiger charge is 2.44. The van der Waals surface area contributed by atoms with Gasteiger partial charge in [0.25, 0.3) is 11.9 Å². The van der Waals surface area contributed by atoms with Crippen LogP contribution in [0.1, 0.15) is 35.5 Å². The van der Waals surface area contributed by atoms with Crippen molar-refractivity contribution in [1.82, 2.24) is 29.4 Å². The van der Waals surface area contributed by atoms with E-state index in [1.807, 2.05) is 55.1 Å².